The summed E-state index contributed by atoms with van der Waals surface area (Å²) >= 11 is 0. The number of likely N-dealkylation sites (tertiary alicyclic amines) is 1. The number of piperidine rings is 1. The number of hydrogen-bond acceptors (Lipinski definition) is 6. The van der Waals surface area contributed by atoms with Gasteiger partial charge in [0.1, 0.15) is 11.5 Å². The van der Waals surface area contributed by atoms with Crippen molar-refractivity contribution in [1.82, 2.24) is 15.2 Å². The molecule has 2 atom stereocenters. The Bertz CT molecular complexity index is 1020. The van der Waals surface area contributed by atoms with E-state index in [9.17, 15) is 13.2 Å². The Balaban J connectivity index is 1.50. The average molecular weight is 462 g/mol. The molecular weight excluding hydrogens is 426 g/mol. The van der Waals surface area contributed by atoms with Crippen molar-refractivity contribution in [2.45, 2.75) is 71.2 Å². The summed E-state index contributed by atoms with van der Waals surface area (Å²) in [5.74, 6) is -0.474. The van der Waals surface area contributed by atoms with Crippen molar-refractivity contribution in [3.8, 4) is 11.5 Å². The highest BCUT2D eigenvalue weighted by molar-refractivity contribution is 7.91. The summed E-state index contributed by atoms with van der Waals surface area (Å²) in [6, 6.07) is 8.76. The minimum Gasteiger partial charge on any atom is -0.441 e. The Labute approximate surface area is 191 Å². The lowest BCUT2D eigenvalue weighted by molar-refractivity contribution is -0.118. The molecule has 1 saturated heterocycles. The van der Waals surface area contributed by atoms with Crippen molar-refractivity contribution >= 4 is 15.7 Å². The van der Waals surface area contributed by atoms with Gasteiger partial charge in [0.2, 0.25) is 11.8 Å². The van der Waals surface area contributed by atoms with Gasteiger partial charge in [0, 0.05) is 30.7 Å². The summed E-state index contributed by atoms with van der Waals surface area (Å²) in [7, 11) is -3.66. The number of aromatic nitrogens is 1. The van der Waals surface area contributed by atoms with Crippen molar-refractivity contribution in [1.29, 1.82) is 0 Å². The summed E-state index contributed by atoms with van der Waals surface area (Å²) in [4.78, 5) is 19.1. The molecule has 0 bridgehead atoms. The maximum atomic E-state index is 12.6. The van der Waals surface area contributed by atoms with Gasteiger partial charge in [-0.05, 0) is 58.6 Å². The highest BCUT2D eigenvalue weighted by atomic mass is 32.2. The number of oxazole rings is 1. The monoisotopic (exact) mass is 461 g/mol. The van der Waals surface area contributed by atoms with Crippen LogP contribution in [0, 0.1) is 13.8 Å². The maximum absolute atomic E-state index is 12.6. The standard InChI is InChI=1S/C24H35N3O4S/c1-17-9-5-6-12-21(17)24-26-22(20(4)31-24)15-32(29,30)16-23(28)25-13-8-14-27-18(2)10-7-11-19(27)3/h5-6,9,12,18-19H,7-8,10-11,13-16H2,1-4H3,(H,25,28)/t18-,19-/m1/s1. The largest absolute Gasteiger partial charge is 0.441 e. The second-order valence-electron chi connectivity index (χ2n) is 8.94. The van der Waals surface area contributed by atoms with Crippen LogP contribution in [0.4, 0.5) is 0 Å². The molecule has 2 heterocycles. The smallest absolute Gasteiger partial charge is 0.235 e. The van der Waals surface area contributed by atoms with Crippen LogP contribution in [0.2, 0.25) is 0 Å². The fourth-order valence-corrected chi connectivity index (χ4v) is 5.69. The normalized spacial score (nSPS) is 19.8. The Morgan fingerprint density at radius 2 is 1.88 bits per heavy atom. The van der Waals surface area contributed by atoms with Crippen molar-refractivity contribution in [2.24, 2.45) is 0 Å². The number of rotatable bonds is 9. The number of hydrogen-bond donors (Lipinski definition) is 1. The first-order chi connectivity index (χ1) is 15.2. The van der Waals surface area contributed by atoms with Gasteiger partial charge in [-0.1, -0.05) is 24.6 Å². The summed E-state index contributed by atoms with van der Waals surface area (Å²) in [5, 5.41) is 2.76. The van der Waals surface area contributed by atoms with Crippen LogP contribution < -0.4 is 5.32 Å². The van der Waals surface area contributed by atoms with E-state index in [4.69, 9.17) is 4.42 Å². The number of aryl methyl sites for hydroxylation is 2. The van der Waals surface area contributed by atoms with E-state index < -0.39 is 21.5 Å². The number of amides is 1. The van der Waals surface area contributed by atoms with Crippen LogP contribution in [0.3, 0.4) is 0 Å². The highest BCUT2D eigenvalue weighted by Crippen LogP contribution is 2.26. The molecular formula is C24H35N3O4S. The van der Waals surface area contributed by atoms with E-state index in [1.54, 1.807) is 6.92 Å². The molecule has 32 heavy (non-hydrogen) atoms. The van der Waals surface area contributed by atoms with Gasteiger partial charge in [-0.2, -0.15) is 0 Å². The molecule has 3 rings (SSSR count). The summed E-state index contributed by atoms with van der Waals surface area (Å²) in [5.41, 5.74) is 2.18. The minimum atomic E-state index is -3.66. The molecule has 1 aromatic heterocycles. The summed E-state index contributed by atoms with van der Waals surface area (Å²) in [6.45, 7) is 9.53. The van der Waals surface area contributed by atoms with Crippen LogP contribution in [0.5, 0.6) is 0 Å². The third kappa shape index (κ3) is 6.42. The zero-order chi connectivity index (χ0) is 23.3. The van der Waals surface area contributed by atoms with Crippen LogP contribution in [0.1, 0.15) is 56.5 Å². The van der Waals surface area contributed by atoms with Crippen LogP contribution in [0.15, 0.2) is 28.7 Å². The number of carbonyl (C=O) groups is 1. The van der Waals surface area contributed by atoms with Gasteiger partial charge in [-0.3, -0.25) is 9.69 Å². The molecule has 2 aromatic rings. The zero-order valence-corrected chi connectivity index (χ0v) is 20.4. The number of benzene rings is 1. The first-order valence-corrected chi connectivity index (χ1v) is 13.2. The Kier molecular flexibility index (Phi) is 8.11. The molecule has 8 heteroatoms. The lowest BCUT2D eigenvalue weighted by Crippen LogP contribution is -2.45. The predicted molar refractivity (Wildman–Crippen MR) is 126 cm³/mol. The van der Waals surface area contributed by atoms with Crippen LogP contribution in [-0.2, 0) is 20.4 Å². The molecule has 1 N–H and O–H groups in total. The molecule has 1 aliphatic rings. The molecule has 1 fully saturated rings. The molecule has 176 valence electrons. The SMILES string of the molecule is Cc1ccccc1-c1nc(CS(=O)(=O)CC(=O)NCCCN2[C@H](C)CCC[C@H]2C)c(C)o1. The van der Waals surface area contributed by atoms with E-state index in [0.29, 0.717) is 36.0 Å². The average Bonchev–Trinajstić information content (AvgIpc) is 3.06. The van der Waals surface area contributed by atoms with E-state index in [0.717, 1.165) is 24.1 Å². The van der Waals surface area contributed by atoms with Gasteiger partial charge in [0.25, 0.3) is 0 Å². The van der Waals surface area contributed by atoms with Crippen molar-refractivity contribution in [3.05, 3.63) is 41.3 Å². The fourth-order valence-electron chi connectivity index (χ4n) is 4.41. The number of nitrogens with zero attached hydrogens (tertiary/aromatic N) is 2. The third-order valence-electron chi connectivity index (χ3n) is 6.27. The topological polar surface area (TPSA) is 92.5 Å². The second-order valence-corrected chi connectivity index (χ2v) is 11.0. The van der Waals surface area contributed by atoms with Crippen molar-refractivity contribution in [3.63, 3.8) is 0 Å². The van der Waals surface area contributed by atoms with Crippen LogP contribution >= 0.6 is 0 Å². The lowest BCUT2D eigenvalue weighted by atomic mass is 9.97. The third-order valence-corrected chi connectivity index (χ3v) is 7.68. The van der Waals surface area contributed by atoms with E-state index in [1.165, 1.54) is 19.3 Å². The van der Waals surface area contributed by atoms with Gasteiger partial charge < -0.3 is 9.73 Å². The predicted octanol–water partition coefficient (Wildman–Crippen LogP) is 3.64. The van der Waals surface area contributed by atoms with Gasteiger partial charge in [-0.25, -0.2) is 13.4 Å². The number of nitrogens with one attached hydrogen (secondary N) is 1. The van der Waals surface area contributed by atoms with E-state index in [-0.39, 0.29) is 5.75 Å². The van der Waals surface area contributed by atoms with Crippen LogP contribution in [-0.4, -0.2) is 55.1 Å². The molecule has 0 aliphatic carbocycles. The first kappa shape index (κ1) is 24.5. The number of carbonyl (C=O) groups excluding carboxylic acids is 1. The van der Waals surface area contributed by atoms with E-state index >= 15 is 0 Å². The van der Waals surface area contributed by atoms with Gasteiger partial charge in [0.05, 0.1) is 11.4 Å². The van der Waals surface area contributed by atoms with E-state index in [1.807, 2.05) is 31.2 Å². The molecule has 0 saturated carbocycles. The summed E-state index contributed by atoms with van der Waals surface area (Å²) < 4.78 is 30.9. The second kappa shape index (κ2) is 10.6. The minimum absolute atomic E-state index is 0.315. The molecule has 7 nitrogen and oxygen atoms in total. The van der Waals surface area contributed by atoms with E-state index in [2.05, 4.69) is 29.0 Å². The van der Waals surface area contributed by atoms with Crippen molar-refractivity contribution < 1.29 is 17.6 Å². The molecule has 1 amide bonds. The molecule has 1 aromatic carbocycles. The Morgan fingerprint density at radius 3 is 2.56 bits per heavy atom. The van der Waals surface area contributed by atoms with Crippen molar-refractivity contribution in [2.75, 3.05) is 18.8 Å². The molecule has 0 spiro atoms. The lowest BCUT2D eigenvalue weighted by Gasteiger charge is -2.39. The Morgan fingerprint density at radius 1 is 1.19 bits per heavy atom. The quantitative estimate of drug-likeness (QED) is 0.573. The molecule has 1 aliphatic heterocycles. The van der Waals surface area contributed by atoms with Crippen LogP contribution in [0.25, 0.3) is 11.5 Å². The number of sulfone groups is 1. The maximum Gasteiger partial charge on any atom is 0.235 e. The summed E-state index contributed by atoms with van der Waals surface area (Å²) in [6.07, 6.45) is 4.50. The highest BCUT2D eigenvalue weighted by Gasteiger charge is 2.25. The van der Waals surface area contributed by atoms with Gasteiger partial charge in [-0.15, -0.1) is 0 Å². The van der Waals surface area contributed by atoms with Gasteiger partial charge in [0.15, 0.2) is 9.84 Å². The van der Waals surface area contributed by atoms with Gasteiger partial charge >= 0.3 is 0 Å². The zero-order valence-electron chi connectivity index (χ0n) is 19.6. The first-order valence-electron chi connectivity index (χ1n) is 11.4. The molecule has 0 unspecified atom stereocenters. The molecule has 0 radical (unpaired) electrons. The Hall–Kier alpha value is -2.19. The fraction of sp³-hybridized carbons (Fsp3) is 0.583.